The standard InChI is InChI=1S/C14H21N3O4/c1-5-16(6-2)13(12(15)19)17-9(4)11(14(20)21)8(3)10(17)7-18/h7,13H,5-6H2,1-4H3,(H2,15,19)(H,20,21). The van der Waals surface area contributed by atoms with E-state index in [1.807, 2.05) is 13.8 Å². The second-order valence-electron chi connectivity index (χ2n) is 4.76. The number of hydrogen-bond acceptors (Lipinski definition) is 4. The first-order valence-electron chi connectivity index (χ1n) is 6.74. The van der Waals surface area contributed by atoms with Crippen LogP contribution >= 0.6 is 0 Å². The summed E-state index contributed by atoms with van der Waals surface area (Å²) in [5, 5.41) is 9.29. The molecule has 0 saturated heterocycles. The van der Waals surface area contributed by atoms with Crippen LogP contribution in [0.3, 0.4) is 0 Å². The van der Waals surface area contributed by atoms with Gasteiger partial charge in [-0.3, -0.25) is 14.5 Å². The maximum absolute atomic E-state index is 11.9. The van der Waals surface area contributed by atoms with Crippen molar-refractivity contribution >= 4 is 18.2 Å². The lowest BCUT2D eigenvalue weighted by atomic mass is 10.1. The SMILES string of the molecule is CCN(CC)C(C(N)=O)n1c(C)c(C(=O)O)c(C)c1C=O. The number of aldehydes is 1. The first kappa shape index (κ1) is 16.9. The zero-order chi connectivity index (χ0) is 16.3. The molecule has 1 aromatic heterocycles. The van der Waals surface area contributed by atoms with E-state index in [0.29, 0.717) is 30.6 Å². The smallest absolute Gasteiger partial charge is 0.337 e. The van der Waals surface area contributed by atoms with Gasteiger partial charge in [-0.2, -0.15) is 0 Å². The Bertz CT molecular complexity index is 573. The summed E-state index contributed by atoms with van der Waals surface area (Å²) in [6.07, 6.45) is -0.319. The van der Waals surface area contributed by atoms with Gasteiger partial charge in [0.05, 0.1) is 11.3 Å². The molecule has 1 rings (SSSR count). The summed E-state index contributed by atoms with van der Waals surface area (Å²) < 4.78 is 1.42. The summed E-state index contributed by atoms with van der Waals surface area (Å²) in [6, 6.07) is 0. The van der Waals surface area contributed by atoms with Crippen LogP contribution in [0.1, 0.15) is 52.1 Å². The minimum atomic E-state index is -1.13. The van der Waals surface area contributed by atoms with Crippen molar-refractivity contribution in [2.24, 2.45) is 5.73 Å². The molecule has 116 valence electrons. The monoisotopic (exact) mass is 295 g/mol. The van der Waals surface area contributed by atoms with Gasteiger partial charge in [-0.05, 0) is 32.5 Å². The molecule has 0 aliphatic heterocycles. The molecule has 1 aromatic rings. The topological polar surface area (TPSA) is 106 Å². The zero-order valence-corrected chi connectivity index (χ0v) is 12.7. The summed E-state index contributed by atoms with van der Waals surface area (Å²) in [6.45, 7) is 7.94. The Kier molecular flexibility index (Phi) is 5.26. The molecule has 0 aliphatic carbocycles. The molecule has 1 atom stereocenters. The Balaban J connectivity index is 3.66. The summed E-state index contributed by atoms with van der Waals surface area (Å²) >= 11 is 0. The summed E-state index contributed by atoms with van der Waals surface area (Å²) in [7, 11) is 0. The molecule has 7 nitrogen and oxygen atoms in total. The molecule has 1 amide bonds. The largest absolute Gasteiger partial charge is 0.478 e. The fourth-order valence-electron chi connectivity index (χ4n) is 2.70. The van der Waals surface area contributed by atoms with Crippen LogP contribution in [0.25, 0.3) is 0 Å². The second-order valence-corrected chi connectivity index (χ2v) is 4.76. The number of carboxylic acid groups (broad SMARTS) is 1. The minimum absolute atomic E-state index is 0.0375. The number of nitrogens with zero attached hydrogens (tertiary/aromatic N) is 2. The van der Waals surface area contributed by atoms with Gasteiger partial charge in [0.2, 0.25) is 0 Å². The van der Waals surface area contributed by atoms with Crippen LogP contribution in [0.5, 0.6) is 0 Å². The van der Waals surface area contributed by atoms with Crippen LogP contribution in [0, 0.1) is 13.8 Å². The molecule has 0 spiro atoms. The first-order chi connectivity index (χ1) is 9.81. The molecule has 0 saturated carbocycles. The number of aromatic nitrogens is 1. The van der Waals surface area contributed by atoms with Crippen molar-refractivity contribution in [3.05, 3.63) is 22.5 Å². The second kappa shape index (κ2) is 6.53. The highest BCUT2D eigenvalue weighted by Gasteiger charge is 2.31. The first-order valence-corrected chi connectivity index (χ1v) is 6.74. The van der Waals surface area contributed by atoms with Gasteiger partial charge in [0, 0.05) is 5.69 Å². The molecule has 21 heavy (non-hydrogen) atoms. The van der Waals surface area contributed by atoms with Gasteiger partial charge in [0.1, 0.15) is 0 Å². The Morgan fingerprint density at radius 1 is 1.33 bits per heavy atom. The molecule has 0 aromatic carbocycles. The van der Waals surface area contributed by atoms with E-state index < -0.39 is 18.0 Å². The van der Waals surface area contributed by atoms with E-state index in [1.54, 1.807) is 18.7 Å². The Hall–Kier alpha value is -2.15. The van der Waals surface area contributed by atoms with Crippen molar-refractivity contribution in [2.75, 3.05) is 13.1 Å². The van der Waals surface area contributed by atoms with E-state index in [2.05, 4.69) is 0 Å². The van der Waals surface area contributed by atoms with Crippen LogP contribution in [0.2, 0.25) is 0 Å². The van der Waals surface area contributed by atoms with Crippen LogP contribution in [-0.4, -0.2) is 45.8 Å². The van der Waals surface area contributed by atoms with Gasteiger partial charge in [-0.1, -0.05) is 13.8 Å². The molecular formula is C14H21N3O4. The highest BCUT2D eigenvalue weighted by Crippen LogP contribution is 2.27. The van der Waals surface area contributed by atoms with Crippen molar-refractivity contribution in [2.45, 2.75) is 33.9 Å². The van der Waals surface area contributed by atoms with Gasteiger partial charge in [0.15, 0.2) is 12.5 Å². The number of hydrogen-bond donors (Lipinski definition) is 2. The number of amides is 1. The van der Waals surface area contributed by atoms with E-state index in [4.69, 9.17) is 5.73 Å². The van der Waals surface area contributed by atoms with Gasteiger partial charge in [-0.15, -0.1) is 0 Å². The van der Waals surface area contributed by atoms with Crippen LogP contribution in [0.15, 0.2) is 0 Å². The third-order valence-electron chi connectivity index (χ3n) is 3.72. The Morgan fingerprint density at radius 2 is 1.86 bits per heavy atom. The predicted octanol–water partition coefficient (Wildman–Crippen LogP) is 0.941. The molecule has 0 bridgehead atoms. The molecular weight excluding hydrogens is 274 g/mol. The Morgan fingerprint density at radius 3 is 2.19 bits per heavy atom. The third kappa shape index (κ3) is 2.82. The van der Waals surface area contributed by atoms with Crippen LogP contribution in [0.4, 0.5) is 0 Å². The van der Waals surface area contributed by atoms with Crippen molar-refractivity contribution in [1.29, 1.82) is 0 Å². The minimum Gasteiger partial charge on any atom is -0.478 e. The van der Waals surface area contributed by atoms with Crippen molar-refractivity contribution in [3.8, 4) is 0 Å². The van der Waals surface area contributed by atoms with Crippen LogP contribution in [-0.2, 0) is 4.79 Å². The Labute approximate surface area is 123 Å². The number of rotatable bonds is 7. The molecule has 3 N–H and O–H groups in total. The molecule has 7 heteroatoms. The average Bonchev–Trinajstić information content (AvgIpc) is 2.65. The lowest BCUT2D eigenvalue weighted by Crippen LogP contribution is -2.42. The van der Waals surface area contributed by atoms with Gasteiger partial charge in [-0.25, -0.2) is 4.79 Å². The molecule has 0 radical (unpaired) electrons. The molecule has 0 fully saturated rings. The highest BCUT2D eigenvalue weighted by atomic mass is 16.4. The normalized spacial score (nSPS) is 12.4. The molecule has 0 aliphatic rings. The van der Waals surface area contributed by atoms with E-state index in [9.17, 15) is 19.5 Å². The number of primary amides is 1. The summed E-state index contributed by atoms with van der Waals surface area (Å²) in [5.41, 5.74) is 6.37. The number of carbonyl (C=O) groups is 3. The summed E-state index contributed by atoms with van der Waals surface area (Å²) in [5.74, 6) is -1.76. The lowest BCUT2D eigenvalue weighted by molar-refractivity contribution is -0.126. The zero-order valence-electron chi connectivity index (χ0n) is 12.7. The van der Waals surface area contributed by atoms with Crippen molar-refractivity contribution in [3.63, 3.8) is 0 Å². The maximum atomic E-state index is 11.9. The third-order valence-corrected chi connectivity index (χ3v) is 3.72. The average molecular weight is 295 g/mol. The fraction of sp³-hybridized carbons (Fsp3) is 0.500. The van der Waals surface area contributed by atoms with E-state index >= 15 is 0 Å². The number of carbonyl (C=O) groups excluding carboxylic acids is 2. The lowest BCUT2D eigenvalue weighted by Gasteiger charge is -2.30. The highest BCUT2D eigenvalue weighted by molar-refractivity contribution is 5.95. The van der Waals surface area contributed by atoms with E-state index in [1.165, 1.54) is 4.57 Å². The number of likely N-dealkylation sites (N-methyl/N-ethyl adjacent to an activating group) is 1. The van der Waals surface area contributed by atoms with E-state index in [0.717, 1.165) is 0 Å². The van der Waals surface area contributed by atoms with Crippen molar-refractivity contribution < 1.29 is 19.5 Å². The quantitative estimate of drug-likeness (QED) is 0.728. The maximum Gasteiger partial charge on any atom is 0.337 e. The molecule has 1 heterocycles. The van der Waals surface area contributed by atoms with Crippen molar-refractivity contribution in [1.82, 2.24) is 9.47 Å². The number of aromatic carboxylic acids is 1. The van der Waals surface area contributed by atoms with Gasteiger partial charge >= 0.3 is 5.97 Å². The number of carboxylic acids is 1. The van der Waals surface area contributed by atoms with Gasteiger partial charge < -0.3 is 15.4 Å². The van der Waals surface area contributed by atoms with E-state index in [-0.39, 0.29) is 11.3 Å². The number of nitrogens with two attached hydrogens (primary N) is 1. The fourth-order valence-corrected chi connectivity index (χ4v) is 2.70. The summed E-state index contributed by atoms with van der Waals surface area (Å²) in [4.78, 5) is 36.4. The van der Waals surface area contributed by atoms with Crippen LogP contribution < -0.4 is 5.73 Å². The van der Waals surface area contributed by atoms with Gasteiger partial charge in [0.25, 0.3) is 5.91 Å². The predicted molar refractivity (Wildman–Crippen MR) is 77.4 cm³/mol. The molecule has 1 unspecified atom stereocenters.